The molecule has 0 fully saturated rings. The quantitative estimate of drug-likeness (QED) is 0.274. The average Bonchev–Trinajstić information content (AvgIpc) is 2.60. The Morgan fingerprint density at radius 2 is 1.08 bits per heavy atom. The van der Waals surface area contributed by atoms with Gasteiger partial charge in [0.15, 0.2) is 0 Å². The van der Waals surface area contributed by atoms with Gasteiger partial charge in [0, 0.05) is 0 Å². The van der Waals surface area contributed by atoms with E-state index in [0.717, 1.165) is 20.1 Å². The monoisotopic (exact) mass is 432 g/mol. The molecule has 8 heteroatoms. The SMILES string of the molecule is CSC(=Nc1ccccc1Cl)SSC(=Nc1ccccc1Cl)SC. The lowest BCUT2D eigenvalue weighted by atomic mass is 10.3. The first-order chi connectivity index (χ1) is 11.6. The summed E-state index contributed by atoms with van der Waals surface area (Å²) in [6.45, 7) is 0. The Morgan fingerprint density at radius 3 is 1.42 bits per heavy atom. The summed E-state index contributed by atoms with van der Waals surface area (Å²) in [7, 11) is 3.12. The summed E-state index contributed by atoms with van der Waals surface area (Å²) in [5.41, 5.74) is 1.54. The zero-order valence-electron chi connectivity index (χ0n) is 12.9. The third kappa shape index (κ3) is 6.24. The molecule has 2 rings (SSSR count). The molecule has 0 aromatic heterocycles. The summed E-state index contributed by atoms with van der Waals surface area (Å²) in [6, 6.07) is 15.1. The third-order valence-electron chi connectivity index (χ3n) is 2.66. The van der Waals surface area contributed by atoms with Gasteiger partial charge in [0.1, 0.15) is 8.75 Å². The molecule has 2 aromatic rings. The van der Waals surface area contributed by atoms with Crippen LogP contribution in [0.15, 0.2) is 58.5 Å². The lowest BCUT2D eigenvalue weighted by molar-refractivity contribution is 1.54. The van der Waals surface area contributed by atoms with Crippen molar-refractivity contribution in [2.75, 3.05) is 12.5 Å². The van der Waals surface area contributed by atoms with Gasteiger partial charge in [-0.25, -0.2) is 9.98 Å². The van der Waals surface area contributed by atoms with E-state index in [9.17, 15) is 0 Å². The number of hydrogen-bond donors (Lipinski definition) is 0. The fourth-order valence-corrected chi connectivity index (χ4v) is 5.73. The van der Waals surface area contributed by atoms with Crippen molar-refractivity contribution < 1.29 is 0 Å². The summed E-state index contributed by atoms with van der Waals surface area (Å²) < 4.78 is 1.82. The molecule has 0 unspecified atom stereocenters. The molecule has 0 saturated carbocycles. The van der Waals surface area contributed by atoms with E-state index in [1.54, 1.807) is 45.1 Å². The molecular formula is C16H14Cl2N2S4. The highest BCUT2D eigenvalue weighted by Gasteiger charge is 2.07. The van der Waals surface area contributed by atoms with Gasteiger partial charge in [0.05, 0.1) is 21.4 Å². The molecule has 0 radical (unpaired) electrons. The minimum absolute atomic E-state index is 0.643. The van der Waals surface area contributed by atoms with Gasteiger partial charge >= 0.3 is 0 Å². The van der Waals surface area contributed by atoms with Gasteiger partial charge in [-0.2, -0.15) is 0 Å². The summed E-state index contributed by atoms with van der Waals surface area (Å²) in [4.78, 5) is 9.21. The first-order valence-electron chi connectivity index (χ1n) is 6.73. The highest BCUT2D eigenvalue weighted by molar-refractivity contribution is 8.93. The normalized spacial score (nSPS) is 12.5. The van der Waals surface area contributed by atoms with Crippen molar-refractivity contribution in [3.8, 4) is 0 Å². The van der Waals surface area contributed by atoms with Crippen LogP contribution >= 0.6 is 68.3 Å². The fourth-order valence-electron chi connectivity index (χ4n) is 1.55. The van der Waals surface area contributed by atoms with E-state index >= 15 is 0 Å². The summed E-state index contributed by atoms with van der Waals surface area (Å²) in [5, 5.41) is 1.29. The second-order valence-corrected chi connectivity index (χ2v) is 9.26. The highest BCUT2D eigenvalue weighted by Crippen LogP contribution is 2.37. The van der Waals surface area contributed by atoms with Crippen molar-refractivity contribution in [1.29, 1.82) is 0 Å². The van der Waals surface area contributed by atoms with Crippen molar-refractivity contribution in [3.63, 3.8) is 0 Å². The molecule has 2 nitrogen and oxygen atoms in total. The number of hydrogen-bond acceptors (Lipinski definition) is 6. The number of para-hydroxylation sites is 2. The van der Waals surface area contributed by atoms with Crippen LogP contribution in [0.1, 0.15) is 0 Å². The second kappa shape index (κ2) is 10.7. The van der Waals surface area contributed by atoms with Crippen LogP contribution in [0.3, 0.4) is 0 Å². The van der Waals surface area contributed by atoms with E-state index in [4.69, 9.17) is 23.2 Å². The fraction of sp³-hybridized carbons (Fsp3) is 0.125. The molecule has 0 aliphatic heterocycles. The minimum atomic E-state index is 0.643. The van der Waals surface area contributed by atoms with Crippen molar-refractivity contribution in [2.45, 2.75) is 0 Å². The van der Waals surface area contributed by atoms with Crippen LogP contribution in [0.5, 0.6) is 0 Å². The molecular weight excluding hydrogens is 419 g/mol. The van der Waals surface area contributed by atoms with Crippen LogP contribution in [0, 0.1) is 0 Å². The number of rotatable bonds is 2. The Kier molecular flexibility index (Phi) is 8.94. The molecule has 24 heavy (non-hydrogen) atoms. The molecule has 126 valence electrons. The van der Waals surface area contributed by atoms with E-state index < -0.39 is 0 Å². The van der Waals surface area contributed by atoms with Crippen molar-refractivity contribution >= 4 is 88.4 Å². The largest absolute Gasteiger partial charge is 0.233 e. The van der Waals surface area contributed by atoms with E-state index in [1.807, 2.05) is 61.0 Å². The summed E-state index contributed by atoms with van der Waals surface area (Å²) in [5.74, 6) is 0. The molecule has 0 aliphatic rings. The number of thioether (sulfide) groups is 2. The number of halogens is 2. The number of aliphatic imine (C=N–C) groups is 2. The van der Waals surface area contributed by atoms with Crippen molar-refractivity contribution in [3.05, 3.63) is 58.6 Å². The Morgan fingerprint density at radius 1 is 0.708 bits per heavy atom. The Hall–Kier alpha value is -0.240. The second-order valence-electron chi connectivity index (χ2n) is 4.23. The maximum Gasteiger partial charge on any atom is 0.141 e. The molecule has 2 aromatic carbocycles. The van der Waals surface area contributed by atoms with E-state index in [-0.39, 0.29) is 0 Å². The van der Waals surface area contributed by atoms with Crippen LogP contribution in [-0.4, -0.2) is 21.3 Å². The van der Waals surface area contributed by atoms with Gasteiger partial charge in [-0.15, -0.1) is 23.5 Å². The van der Waals surface area contributed by atoms with Crippen LogP contribution < -0.4 is 0 Å². The zero-order chi connectivity index (χ0) is 17.4. The lowest BCUT2D eigenvalue weighted by Gasteiger charge is -2.05. The first kappa shape index (κ1) is 20.1. The summed E-state index contributed by atoms with van der Waals surface area (Å²) in [6.07, 6.45) is 3.99. The highest BCUT2D eigenvalue weighted by atomic mass is 35.5. The number of benzene rings is 2. The van der Waals surface area contributed by atoms with E-state index in [0.29, 0.717) is 10.0 Å². The van der Waals surface area contributed by atoms with Crippen molar-refractivity contribution in [2.24, 2.45) is 9.98 Å². The maximum atomic E-state index is 6.17. The van der Waals surface area contributed by atoms with Gasteiger partial charge in [-0.05, 0) is 58.4 Å². The number of nitrogens with zero attached hydrogens (tertiary/aromatic N) is 2. The standard InChI is InChI=1S/C16H14Cl2N2S4/c1-21-15(19-13-9-5-3-7-11(13)17)23-24-16(22-2)20-14-10-6-4-8-12(14)18/h3-10H,1-2H3. The Balaban J connectivity index is 2.11. The lowest BCUT2D eigenvalue weighted by Crippen LogP contribution is -1.86. The van der Waals surface area contributed by atoms with Gasteiger partial charge < -0.3 is 0 Å². The van der Waals surface area contributed by atoms with Crippen LogP contribution in [0.4, 0.5) is 11.4 Å². The third-order valence-corrected chi connectivity index (χ3v) is 8.06. The van der Waals surface area contributed by atoms with Crippen LogP contribution in [-0.2, 0) is 0 Å². The van der Waals surface area contributed by atoms with Gasteiger partial charge in [0.25, 0.3) is 0 Å². The first-order valence-corrected chi connectivity index (χ1v) is 12.1. The average molecular weight is 433 g/mol. The van der Waals surface area contributed by atoms with E-state index in [1.165, 1.54) is 0 Å². The minimum Gasteiger partial charge on any atom is -0.233 e. The predicted molar refractivity (Wildman–Crippen MR) is 119 cm³/mol. The topological polar surface area (TPSA) is 24.7 Å². The molecule has 0 heterocycles. The predicted octanol–water partition coefficient (Wildman–Crippen LogP) is 7.78. The molecule has 0 spiro atoms. The van der Waals surface area contributed by atoms with Crippen molar-refractivity contribution in [1.82, 2.24) is 0 Å². The van der Waals surface area contributed by atoms with E-state index in [2.05, 4.69) is 9.98 Å². The van der Waals surface area contributed by atoms with Crippen LogP contribution in [0.25, 0.3) is 0 Å². The smallest absolute Gasteiger partial charge is 0.141 e. The molecule has 0 N–H and O–H groups in total. The molecule has 0 amide bonds. The molecule has 0 saturated heterocycles. The van der Waals surface area contributed by atoms with Gasteiger partial charge in [-0.3, -0.25) is 0 Å². The zero-order valence-corrected chi connectivity index (χ0v) is 17.7. The molecule has 0 atom stereocenters. The molecule has 0 bridgehead atoms. The van der Waals surface area contributed by atoms with Gasteiger partial charge in [0.2, 0.25) is 0 Å². The Labute approximate surface area is 168 Å². The maximum absolute atomic E-state index is 6.17. The Bertz CT molecular complexity index is 687. The van der Waals surface area contributed by atoms with Gasteiger partial charge in [-0.1, -0.05) is 47.5 Å². The summed E-state index contributed by atoms with van der Waals surface area (Å²) >= 11 is 15.5. The van der Waals surface area contributed by atoms with Crippen LogP contribution in [0.2, 0.25) is 10.0 Å². The molecule has 0 aliphatic carbocycles.